The van der Waals surface area contributed by atoms with Crippen LogP contribution in [-0.2, 0) is 19.4 Å². The molecule has 0 unspecified atom stereocenters. The van der Waals surface area contributed by atoms with Gasteiger partial charge in [0.2, 0.25) is 0 Å². The van der Waals surface area contributed by atoms with Crippen molar-refractivity contribution >= 4 is 33.2 Å². The Labute approximate surface area is 127 Å². The number of nitrogens with one attached hydrogen (secondary N) is 1. The largest absolute Gasteiger partial charge is 0.381 e. The zero-order chi connectivity index (χ0) is 13.2. The van der Waals surface area contributed by atoms with Gasteiger partial charge in [0.05, 0.1) is 0 Å². The van der Waals surface area contributed by atoms with Gasteiger partial charge in [-0.1, -0.05) is 33.6 Å². The van der Waals surface area contributed by atoms with Crippen molar-refractivity contribution in [2.75, 3.05) is 5.32 Å². The van der Waals surface area contributed by atoms with Crippen LogP contribution in [0, 0.1) is 0 Å². The third kappa shape index (κ3) is 2.96. The van der Waals surface area contributed by atoms with Crippen molar-refractivity contribution < 1.29 is 0 Å². The van der Waals surface area contributed by atoms with Gasteiger partial charge in [0.25, 0.3) is 0 Å². The predicted molar refractivity (Wildman–Crippen MR) is 84.9 cm³/mol. The summed E-state index contributed by atoms with van der Waals surface area (Å²) in [6, 6.07) is 12.6. The number of anilines is 1. The molecule has 98 valence electrons. The van der Waals surface area contributed by atoms with Gasteiger partial charge in [-0.2, -0.15) is 0 Å². The minimum absolute atomic E-state index is 0.747. The Morgan fingerprint density at radius 1 is 1.05 bits per heavy atom. The van der Waals surface area contributed by atoms with Gasteiger partial charge >= 0.3 is 0 Å². The fraction of sp³-hybridized carbons (Fsp3) is 0.250. The summed E-state index contributed by atoms with van der Waals surface area (Å²) in [5.41, 5.74) is 5.28. The van der Waals surface area contributed by atoms with E-state index in [2.05, 4.69) is 45.5 Å². The molecule has 0 amide bonds. The topological polar surface area (TPSA) is 12.0 Å². The number of benzene rings is 2. The predicted octanol–water partition coefficient (Wildman–Crippen LogP) is 5.20. The van der Waals surface area contributed by atoms with Crippen LogP contribution in [-0.4, -0.2) is 0 Å². The van der Waals surface area contributed by atoms with Crippen LogP contribution >= 0.6 is 27.5 Å². The SMILES string of the molecule is Clc1ccc(Br)cc1CNc1ccc2c(c1)CCC2. The van der Waals surface area contributed by atoms with Crippen molar-refractivity contribution in [2.45, 2.75) is 25.8 Å². The average Bonchev–Trinajstić information content (AvgIpc) is 2.87. The zero-order valence-electron chi connectivity index (χ0n) is 10.5. The second-order valence-electron chi connectivity index (χ2n) is 4.93. The van der Waals surface area contributed by atoms with Crippen LogP contribution in [0.2, 0.25) is 5.02 Å². The Bertz CT molecular complexity index is 610. The van der Waals surface area contributed by atoms with Crippen molar-refractivity contribution in [3.05, 3.63) is 62.6 Å². The van der Waals surface area contributed by atoms with E-state index in [-0.39, 0.29) is 0 Å². The van der Waals surface area contributed by atoms with E-state index < -0.39 is 0 Å². The molecule has 0 aromatic heterocycles. The lowest BCUT2D eigenvalue weighted by molar-refractivity contribution is 0.912. The Morgan fingerprint density at radius 2 is 1.89 bits per heavy atom. The third-order valence-electron chi connectivity index (χ3n) is 3.59. The molecule has 3 heteroatoms. The van der Waals surface area contributed by atoms with Gasteiger partial charge in [0.15, 0.2) is 0 Å². The molecular weight excluding hydrogens is 322 g/mol. The fourth-order valence-corrected chi connectivity index (χ4v) is 3.15. The van der Waals surface area contributed by atoms with Crippen molar-refractivity contribution in [1.29, 1.82) is 0 Å². The summed E-state index contributed by atoms with van der Waals surface area (Å²) in [5, 5.41) is 4.26. The van der Waals surface area contributed by atoms with E-state index in [1.807, 2.05) is 12.1 Å². The molecule has 0 fully saturated rings. The Balaban J connectivity index is 1.74. The molecule has 0 spiro atoms. The second-order valence-corrected chi connectivity index (χ2v) is 6.25. The molecule has 1 N–H and O–H groups in total. The lowest BCUT2D eigenvalue weighted by Gasteiger charge is -2.10. The van der Waals surface area contributed by atoms with Crippen molar-refractivity contribution in [3.63, 3.8) is 0 Å². The summed E-state index contributed by atoms with van der Waals surface area (Å²) < 4.78 is 1.06. The molecule has 0 atom stereocenters. The highest BCUT2D eigenvalue weighted by molar-refractivity contribution is 9.10. The number of hydrogen-bond donors (Lipinski definition) is 1. The molecule has 1 aliphatic rings. The molecule has 1 nitrogen and oxygen atoms in total. The fourth-order valence-electron chi connectivity index (χ4n) is 2.56. The highest BCUT2D eigenvalue weighted by Crippen LogP contribution is 2.26. The van der Waals surface area contributed by atoms with Crippen LogP contribution in [0.5, 0.6) is 0 Å². The van der Waals surface area contributed by atoms with Gasteiger partial charge < -0.3 is 5.32 Å². The molecule has 2 aromatic carbocycles. The minimum atomic E-state index is 0.747. The lowest BCUT2D eigenvalue weighted by atomic mass is 10.1. The number of fused-ring (bicyclic) bond motifs is 1. The Kier molecular flexibility index (Phi) is 3.81. The molecule has 19 heavy (non-hydrogen) atoms. The van der Waals surface area contributed by atoms with Gasteiger partial charge in [0.1, 0.15) is 0 Å². The van der Waals surface area contributed by atoms with Crippen molar-refractivity contribution in [2.24, 2.45) is 0 Å². The third-order valence-corrected chi connectivity index (χ3v) is 4.45. The first kappa shape index (κ1) is 13.0. The molecule has 0 aliphatic heterocycles. The average molecular weight is 337 g/mol. The standard InChI is InChI=1S/C16H15BrClN/c17-14-5-7-16(18)13(8-14)10-19-15-6-4-11-2-1-3-12(11)9-15/h4-9,19H,1-3,10H2. The molecule has 2 aromatic rings. The van der Waals surface area contributed by atoms with E-state index in [4.69, 9.17) is 11.6 Å². The van der Waals surface area contributed by atoms with Gasteiger partial charge in [-0.05, 0) is 66.3 Å². The molecule has 0 radical (unpaired) electrons. The molecule has 3 rings (SSSR count). The van der Waals surface area contributed by atoms with E-state index in [1.54, 1.807) is 0 Å². The van der Waals surface area contributed by atoms with Crippen LogP contribution in [0.3, 0.4) is 0 Å². The highest BCUT2D eigenvalue weighted by Gasteiger charge is 2.10. The van der Waals surface area contributed by atoms with E-state index in [1.165, 1.54) is 36.1 Å². The number of hydrogen-bond acceptors (Lipinski definition) is 1. The van der Waals surface area contributed by atoms with Crippen LogP contribution in [0.25, 0.3) is 0 Å². The molecule has 0 heterocycles. The van der Waals surface area contributed by atoms with Gasteiger partial charge in [-0.25, -0.2) is 0 Å². The number of halogens is 2. The second kappa shape index (κ2) is 5.56. The maximum atomic E-state index is 6.20. The maximum absolute atomic E-state index is 6.20. The monoisotopic (exact) mass is 335 g/mol. The summed E-state index contributed by atoms with van der Waals surface area (Å²) in [7, 11) is 0. The van der Waals surface area contributed by atoms with Crippen LogP contribution in [0.1, 0.15) is 23.1 Å². The molecule has 0 saturated heterocycles. The summed E-state index contributed by atoms with van der Waals surface area (Å²) in [5.74, 6) is 0. The molecule has 1 aliphatic carbocycles. The Morgan fingerprint density at radius 3 is 2.79 bits per heavy atom. The minimum Gasteiger partial charge on any atom is -0.381 e. The van der Waals surface area contributed by atoms with E-state index in [9.17, 15) is 0 Å². The maximum Gasteiger partial charge on any atom is 0.0456 e. The highest BCUT2D eigenvalue weighted by atomic mass is 79.9. The van der Waals surface area contributed by atoms with Crippen LogP contribution < -0.4 is 5.32 Å². The zero-order valence-corrected chi connectivity index (χ0v) is 12.9. The first-order valence-corrected chi connectivity index (χ1v) is 7.69. The first-order valence-electron chi connectivity index (χ1n) is 6.52. The van der Waals surface area contributed by atoms with Gasteiger partial charge in [-0.3, -0.25) is 0 Å². The summed E-state index contributed by atoms with van der Waals surface area (Å²) in [6.45, 7) is 0.747. The van der Waals surface area contributed by atoms with Crippen LogP contribution in [0.15, 0.2) is 40.9 Å². The summed E-state index contributed by atoms with van der Waals surface area (Å²) >= 11 is 9.67. The number of rotatable bonds is 3. The smallest absolute Gasteiger partial charge is 0.0456 e. The van der Waals surface area contributed by atoms with E-state index in [0.29, 0.717) is 0 Å². The van der Waals surface area contributed by atoms with E-state index in [0.717, 1.165) is 21.6 Å². The van der Waals surface area contributed by atoms with Gasteiger partial charge in [-0.15, -0.1) is 0 Å². The Hall–Kier alpha value is -0.990. The normalized spacial score (nSPS) is 13.4. The van der Waals surface area contributed by atoms with Crippen molar-refractivity contribution in [1.82, 2.24) is 0 Å². The van der Waals surface area contributed by atoms with Crippen LogP contribution in [0.4, 0.5) is 5.69 Å². The summed E-state index contributed by atoms with van der Waals surface area (Å²) in [4.78, 5) is 0. The molecule has 0 saturated carbocycles. The van der Waals surface area contributed by atoms with Gasteiger partial charge in [0, 0.05) is 21.7 Å². The molecule has 0 bridgehead atoms. The molecular formula is C16H15BrClN. The van der Waals surface area contributed by atoms with E-state index >= 15 is 0 Å². The quantitative estimate of drug-likeness (QED) is 0.812. The number of aryl methyl sites for hydroxylation is 2. The summed E-state index contributed by atoms with van der Waals surface area (Å²) in [6.07, 6.45) is 3.73. The van der Waals surface area contributed by atoms with Crippen molar-refractivity contribution in [3.8, 4) is 0 Å². The lowest BCUT2D eigenvalue weighted by Crippen LogP contribution is -2.00. The first-order chi connectivity index (χ1) is 9.22.